The number of halogens is 2. The number of nitrogens with zero attached hydrogens (tertiary/aromatic N) is 3. The van der Waals surface area contributed by atoms with Gasteiger partial charge in [0, 0.05) is 49.5 Å². The molecule has 1 fully saturated rings. The van der Waals surface area contributed by atoms with Crippen LogP contribution in [0.15, 0.2) is 60.8 Å². The number of rotatable bonds is 4. The predicted molar refractivity (Wildman–Crippen MR) is 122 cm³/mol. The molecule has 0 bridgehead atoms. The van der Waals surface area contributed by atoms with Crippen molar-refractivity contribution in [2.75, 3.05) is 31.1 Å². The zero-order chi connectivity index (χ0) is 21.4. The molecule has 3 heterocycles. The van der Waals surface area contributed by atoms with E-state index >= 15 is 0 Å². The molecule has 0 unspecified atom stereocenters. The Kier molecular flexibility index (Phi) is 5.26. The Morgan fingerprint density at radius 1 is 1.06 bits per heavy atom. The molecule has 0 aliphatic carbocycles. The predicted octanol–water partition coefficient (Wildman–Crippen LogP) is 5.33. The van der Waals surface area contributed by atoms with Crippen molar-refractivity contribution in [2.45, 2.75) is 6.92 Å². The molecule has 31 heavy (non-hydrogen) atoms. The minimum absolute atomic E-state index is 0.341. The second-order valence-electron chi connectivity index (χ2n) is 7.57. The average molecular weight is 437 g/mol. The highest BCUT2D eigenvalue weighted by atomic mass is 35.5. The van der Waals surface area contributed by atoms with Crippen molar-refractivity contribution in [1.82, 2.24) is 14.9 Å². The zero-order valence-corrected chi connectivity index (χ0v) is 17.9. The van der Waals surface area contributed by atoms with Crippen LogP contribution in [0, 0.1) is 12.7 Å². The molecule has 1 N–H and O–H groups in total. The molecule has 0 radical (unpaired) electrons. The Bertz CT molecular complexity index is 1240. The van der Waals surface area contributed by atoms with Crippen molar-refractivity contribution >= 4 is 28.2 Å². The van der Waals surface area contributed by atoms with Gasteiger partial charge in [0.25, 0.3) is 0 Å². The Hall–Kier alpha value is -3.09. The second kappa shape index (κ2) is 8.21. The van der Waals surface area contributed by atoms with Gasteiger partial charge in [-0.05, 0) is 36.8 Å². The molecule has 0 spiro atoms. The van der Waals surface area contributed by atoms with Crippen LogP contribution >= 0.6 is 11.6 Å². The van der Waals surface area contributed by atoms with E-state index in [-0.39, 0.29) is 5.82 Å². The van der Waals surface area contributed by atoms with Crippen molar-refractivity contribution < 1.29 is 9.13 Å². The first-order valence-corrected chi connectivity index (χ1v) is 10.7. The van der Waals surface area contributed by atoms with Crippen molar-refractivity contribution in [2.24, 2.45) is 0 Å². The topological polar surface area (TPSA) is 42.3 Å². The number of anilines is 1. The Morgan fingerprint density at radius 2 is 1.84 bits per heavy atom. The quantitative estimate of drug-likeness (QED) is 0.439. The van der Waals surface area contributed by atoms with Crippen LogP contribution in [0.25, 0.3) is 16.6 Å². The van der Waals surface area contributed by atoms with Gasteiger partial charge < -0.3 is 15.0 Å². The number of aryl methyl sites for hydroxylation is 1. The average Bonchev–Trinajstić information content (AvgIpc) is 3.12. The fourth-order valence-electron chi connectivity index (χ4n) is 4.05. The summed E-state index contributed by atoms with van der Waals surface area (Å²) in [5.74, 6) is 0.735. The summed E-state index contributed by atoms with van der Waals surface area (Å²) in [6.07, 6.45) is 1.71. The van der Waals surface area contributed by atoms with Crippen LogP contribution in [-0.4, -0.2) is 35.7 Å². The van der Waals surface area contributed by atoms with Crippen molar-refractivity contribution in [3.63, 3.8) is 0 Å². The molecule has 1 aliphatic heterocycles. The lowest BCUT2D eigenvalue weighted by molar-refractivity contribution is 0.444. The van der Waals surface area contributed by atoms with E-state index < -0.39 is 0 Å². The largest absolute Gasteiger partial charge is 0.438 e. The van der Waals surface area contributed by atoms with Gasteiger partial charge in [0.15, 0.2) is 5.15 Å². The van der Waals surface area contributed by atoms with E-state index in [1.165, 1.54) is 12.1 Å². The normalized spacial score (nSPS) is 14.2. The summed E-state index contributed by atoms with van der Waals surface area (Å²) in [7, 11) is 0. The number of ether oxygens (including phenoxy) is 1. The second-order valence-corrected chi connectivity index (χ2v) is 7.93. The van der Waals surface area contributed by atoms with E-state index in [1.54, 1.807) is 12.3 Å². The molecule has 4 aromatic rings. The SMILES string of the molecule is Cc1ccc(F)cc1Oc1c(N2CCNCC2)c2ccnc(Cl)c2n1-c1ccccc1. The van der Waals surface area contributed by atoms with Gasteiger partial charge in [-0.25, -0.2) is 9.37 Å². The lowest BCUT2D eigenvalue weighted by Gasteiger charge is -2.30. The molecule has 2 aromatic carbocycles. The van der Waals surface area contributed by atoms with Crippen LogP contribution in [0.2, 0.25) is 5.15 Å². The Morgan fingerprint density at radius 3 is 2.61 bits per heavy atom. The molecule has 2 aromatic heterocycles. The molecular weight excluding hydrogens is 415 g/mol. The highest BCUT2D eigenvalue weighted by Crippen LogP contribution is 2.46. The summed E-state index contributed by atoms with van der Waals surface area (Å²) in [6, 6.07) is 16.4. The summed E-state index contributed by atoms with van der Waals surface area (Å²) in [5.41, 5.74) is 3.45. The molecule has 1 aliphatic rings. The number of aromatic nitrogens is 2. The van der Waals surface area contributed by atoms with Gasteiger partial charge in [-0.3, -0.25) is 4.57 Å². The third-order valence-electron chi connectivity index (χ3n) is 5.57. The van der Waals surface area contributed by atoms with E-state index in [0.29, 0.717) is 16.8 Å². The van der Waals surface area contributed by atoms with Crippen molar-refractivity contribution in [3.8, 4) is 17.3 Å². The van der Waals surface area contributed by atoms with Gasteiger partial charge in [0.05, 0.1) is 5.52 Å². The first kappa shape index (κ1) is 19.8. The monoisotopic (exact) mass is 436 g/mol. The van der Waals surface area contributed by atoms with Crippen LogP contribution in [0.4, 0.5) is 10.1 Å². The molecular formula is C24H22ClFN4O. The fourth-order valence-corrected chi connectivity index (χ4v) is 4.30. The molecule has 5 nitrogen and oxygen atoms in total. The highest BCUT2D eigenvalue weighted by molar-refractivity contribution is 6.34. The van der Waals surface area contributed by atoms with Crippen molar-refractivity contribution in [3.05, 3.63) is 77.3 Å². The molecule has 1 saturated heterocycles. The molecule has 158 valence electrons. The number of hydrogen-bond donors (Lipinski definition) is 1. The summed E-state index contributed by atoms with van der Waals surface area (Å²) < 4.78 is 22.5. The number of para-hydroxylation sites is 1. The Labute approximate surface area is 185 Å². The van der Waals surface area contributed by atoms with Crippen LogP contribution in [0.1, 0.15) is 5.56 Å². The van der Waals surface area contributed by atoms with E-state index in [2.05, 4.69) is 15.2 Å². The van der Waals surface area contributed by atoms with Crippen LogP contribution < -0.4 is 15.0 Å². The Balaban J connectivity index is 1.82. The number of piperazine rings is 1. The zero-order valence-electron chi connectivity index (χ0n) is 17.1. The van der Waals surface area contributed by atoms with Gasteiger partial charge in [-0.1, -0.05) is 35.9 Å². The number of hydrogen-bond acceptors (Lipinski definition) is 4. The van der Waals surface area contributed by atoms with E-state index in [0.717, 1.165) is 54.0 Å². The first-order chi connectivity index (χ1) is 15.1. The van der Waals surface area contributed by atoms with Crippen LogP contribution in [0.3, 0.4) is 0 Å². The molecule has 7 heteroatoms. The standard InChI is InChI=1S/C24H22ClFN4O/c1-16-7-8-17(26)15-20(16)31-24-22(29-13-11-27-12-14-29)19-9-10-28-23(25)21(19)30(24)18-5-3-2-4-6-18/h2-10,15,27H,11-14H2,1H3. The van der Waals surface area contributed by atoms with Crippen LogP contribution in [-0.2, 0) is 0 Å². The maximum Gasteiger partial charge on any atom is 0.229 e. The van der Waals surface area contributed by atoms with E-state index in [4.69, 9.17) is 16.3 Å². The summed E-state index contributed by atoms with van der Waals surface area (Å²) in [5, 5.41) is 4.74. The van der Waals surface area contributed by atoms with E-state index in [1.807, 2.05) is 47.9 Å². The third kappa shape index (κ3) is 3.62. The summed E-state index contributed by atoms with van der Waals surface area (Å²) in [6.45, 7) is 5.30. The highest BCUT2D eigenvalue weighted by Gasteiger charge is 2.28. The minimum atomic E-state index is -0.341. The van der Waals surface area contributed by atoms with Gasteiger partial charge in [-0.15, -0.1) is 0 Å². The maximum absolute atomic E-state index is 14.1. The summed E-state index contributed by atoms with van der Waals surface area (Å²) >= 11 is 6.62. The smallest absolute Gasteiger partial charge is 0.229 e. The molecule has 5 rings (SSSR count). The van der Waals surface area contributed by atoms with Gasteiger partial charge in [0.2, 0.25) is 5.88 Å². The van der Waals surface area contributed by atoms with E-state index in [9.17, 15) is 4.39 Å². The number of benzene rings is 2. The van der Waals surface area contributed by atoms with Crippen molar-refractivity contribution in [1.29, 1.82) is 0 Å². The lowest BCUT2D eigenvalue weighted by Crippen LogP contribution is -2.43. The number of fused-ring (bicyclic) bond motifs is 1. The van der Waals surface area contributed by atoms with Gasteiger partial charge in [0.1, 0.15) is 17.3 Å². The number of nitrogens with one attached hydrogen (secondary N) is 1. The van der Waals surface area contributed by atoms with Gasteiger partial charge in [-0.2, -0.15) is 0 Å². The molecule has 0 saturated carbocycles. The maximum atomic E-state index is 14.1. The first-order valence-electron chi connectivity index (χ1n) is 10.3. The molecule has 0 amide bonds. The third-order valence-corrected chi connectivity index (χ3v) is 5.85. The number of pyridine rings is 1. The van der Waals surface area contributed by atoms with Crippen LogP contribution in [0.5, 0.6) is 11.6 Å². The van der Waals surface area contributed by atoms with Gasteiger partial charge >= 0.3 is 0 Å². The molecule has 0 atom stereocenters. The minimum Gasteiger partial charge on any atom is -0.438 e. The lowest BCUT2D eigenvalue weighted by atomic mass is 10.2. The summed E-state index contributed by atoms with van der Waals surface area (Å²) in [4.78, 5) is 6.62. The fraction of sp³-hybridized carbons (Fsp3) is 0.208.